The van der Waals surface area contributed by atoms with Crippen molar-refractivity contribution < 1.29 is 19.8 Å². The van der Waals surface area contributed by atoms with Crippen molar-refractivity contribution >= 4 is 23.6 Å². The summed E-state index contributed by atoms with van der Waals surface area (Å²) in [6, 6.07) is 0.0131. The number of hydrogen-bond acceptors (Lipinski definition) is 7. The highest BCUT2D eigenvalue weighted by atomic mass is 32.2. The fraction of sp³-hybridized carbons (Fsp3) is 0.684. The molecule has 2 fully saturated rings. The van der Waals surface area contributed by atoms with E-state index in [2.05, 4.69) is 22.9 Å². The van der Waals surface area contributed by atoms with E-state index in [1.807, 2.05) is 26.0 Å². The topological polar surface area (TPSA) is 105 Å². The van der Waals surface area contributed by atoms with Gasteiger partial charge in [-0.2, -0.15) is 0 Å². The Morgan fingerprint density at radius 2 is 2.21 bits per heavy atom. The minimum absolute atomic E-state index is 0.0766. The van der Waals surface area contributed by atoms with Gasteiger partial charge in [0.1, 0.15) is 5.70 Å². The maximum Gasteiger partial charge on any atom is 0.353 e. The summed E-state index contributed by atoms with van der Waals surface area (Å²) >= 11 is 1.57. The predicted molar refractivity (Wildman–Crippen MR) is 108 cm³/mol. The first-order valence-electron chi connectivity index (χ1n) is 9.68. The molecule has 9 heteroatoms. The van der Waals surface area contributed by atoms with Gasteiger partial charge in [0.15, 0.2) is 0 Å². The number of aliphatic carboxylic acids is 1. The van der Waals surface area contributed by atoms with Crippen LogP contribution >= 0.6 is 11.8 Å². The molecule has 3 heterocycles. The van der Waals surface area contributed by atoms with Crippen LogP contribution in [0.15, 0.2) is 22.8 Å². The number of aliphatic hydroxyl groups is 1. The lowest BCUT2D eigenvalue weighted by Crippen LogP contribution is -2.63. The molecule has 0 saturated carbocycles. The number of β-lactam (4-membered cyclic amide) rings is 1. The van der Waals surface area contributed by atoms with E-state index < -0.39 is 18.0 Å². The first kappa shape index (κ1) is 21.3. The van der Waals surface area contributed by atoms with Gasteiger partial charge in [-0.3, -0.25) is 15.2 Å². The largest absolute Gasteiger partial charge is 0.477 e. The molecule has 2 saturated heterocycles. The van der Waals surface area contributed by atoms with E-state index in [4.69, 9.17) is 0 Å². The minimum Gasteiger partial charge on any atom is -0.477 e. The zero-order chi connectivity index (χ0) is 20.6. The molecular formula is C19H30N4O4S. The third-order valence-electron chi connectivity index (χ3n) is 5.62. The van der Waals surface area contributed by atoms with E-state index in [0.29, 0.717) is 0 Å². The monoisotopic (exact) mass is 410 g/mol. The Morgan fingerprint density at radius 3 is 2.82 bits per heavy atom. The maximum atomic E-state index is 12.4. The number of carboxylic acid groups (broad SMARTS) is 1. The smallest absolute Gasteiger partial charge is 0.353 e. The van der Waals surface area contributed by atoms with E-state index in [1.165, 1.54) is 4.90 Å². The molecule has 3 aliphatic heterocycles. The van der Waals surface area contributed by atoms with Crippen molar-refractivity contribution in [3.8, 4) is 0 Å². The van der Waals surface area contributed by atoms with Gasteiger partial charge in [0, 0.05) is 49.3 Å². The summed E-state index contributed by atoms with van der Waals surface area (Å²) in [5.41, 5.74) is 3.29. The van der Waals surface area contributed by atoms with Crippen LogP contribution in [0.4, 0.5) is 0 Å². The van der Waals surface area contributed by atoms with Crippen LogP contribution in [-0.2, 0) is 9.59 Å². The third-order valence-corrected chi connectivity index (χ3v) is 7.13. The van der Waals surface area contributed by atoms with Gasteiger partial charge in [0.2, 0.25) is 5.91 Å². The van der Waals surface area contributed by atoms with E-state index in [9.17, 15) is 19.8 Å². The van der Waals surface area contributed by atoms with Crippen molar-refractivity contribution in [2.75, 3.05) is 27.2 Å². The van der Waals surface area contributed by atoms with E-state index in [-0.39, 0.29) is 34.9 Å². The minimum atomic E-state index is -1.06. The van der Waals surface area contributed by atoms with Crippen molar-refractivity contribution in [3.05, 3.63) is 22.8 Å². The molecule has 0 aromatic rings. The van der Waals surface area contributed by atoms with Crippen LogP contribution in [0.25, 0.3) is 0 Å². The Labute approximate surface area is 170 Å². The molecule has 6 atom stereocenters. The van der Waals surface area contributed by atoms with Gasteiger partial charge in [-0.15, -0.1) is 11.8 Å². The molecule has 0 aromatic heterocycles. The number of carboxylic acids is 1. The molecule has 1 amide bonds. The highest BCUT2D eigenvalue weighted by Gasteiger charge is 2.60. The average molecular weight is 411 g/mol. The predicted octanol–water partition coefficient (Wildman–Crippen LogP) is 0.226. The zero-order valence-electron chi connectivity index (χ0n) is 16.8. The quantitative estimate of drug-likeness (QED) is 0.256. The summed E-state index contributed by atoms with van der Waals surface area (Å²) in [6.45, 7) is 5.11. The Morgan fingerprint density at radius 1 is 1.50 bits per heavy atom. The summed E-state index contributed by atoms with van der Waals surface area (Å²) in [5, 5.41) is 25.3. The highest BCUT2D eigenvalue weighted by molar-refractivity contribution is 8.03. The summed E-state index contributed by atoms with van der Waals surface area (Å²) in [7, 11) is 3.89. The fourth-order valence-electron chi connectivity index (χ4n) is 4.29. The van der Waals surface area contributed by atoms with Crippen LogP contribution in [0.1, 0.15) is 20.3 Å². The molecule has 0 unspecified atom stereocenters. The van der Waals surface area contributed by atoms with Crippen molar-refractivity contribution in [2.24, 2.45) is 11.8 Å². The Bertz CT molecular complexity index is 693. The van der Waals surface area contributed by atoms with Crippen LogP contribution in [0.2, 0.25) is 0 Å². The van der Waals surface area contributed by atoms with E-state index in [0.717, 1.165) is 24.4 Å². The van der Waals surface area contributed by atoms with E-state index >= 15 is 0 Å². The second-order valence-electron chi connectivity index (χ2n) is 7.95. The average Bonchev–Trinajstić information content (AvgIpc) is 3.14. The van der Waals surface area contributed by atoms with Gasteiger partial charge in [0.05, 0.1) is 18.1 Å². The molecule has 4 N–H and O–H groups in total. The Balaban J connectivity index is 1.65. The number of thioether (sulfide) groups is 1. The molecule has 156 valence electrons. The molecule has 0 spiro atoms. The number of nitrogens with one attached hydrogen (secondary N) is 2. The second kappa shape index (κ2) is 8.54. The van der Waals surface area contributed by atoms with Crippen LogP contribution in [0.3, 0.4) is 0 Å². The van der Waals surface area contributed by atoms with Crippen LogP contribution < -0.4 is 10.7 Å². The number of carbonyl (C=O) groups excluding carboxylic acids is 1. The molecule has 0 aromatic carbocycles. The lowest BCUT2D eigenvalue weighted by atomic mass is 9.79. The van der Waals surface area contributed by atoms with Crippen LogP contribution in [0.5, 0.6) is 0 Å². The molecule has 3 rings (SSSR count). The van der Waals surface area contributed by atoms with Crippen molar-refractivity contribution in [3.63, 3.8) is 0 Å². The van der Waals surface area contributed by atoms with Crippen molar-refractivity contribution in [1.29, 1.82) is 0 Å². The number of rotatable bonds is 8. The van der Waals surface area contributed by atoms with E-state index in [1.54, 1.807) is 18.7 Å². The van der Waals surface area contributed by atoms with Crippen molar-refractivity contribution in [2.45, 2.75) is 43.7 Å². The summed E-state index contributed by atoms with van der Waals surface area (Å²) < 4.78 is 0. The van der Waals surface area contributed by atoms with Gasteiger partial charge < -0.3 is 20.4 Å². The Hall–Kier alpha value is -1.39. The number of amides is 1. The first-order valence-corrected chi connectivity index (χ1v) is 10.6. The Kier molecular flexibility index (Phi) is 6.51. The molecule has 0 radical (unpaired) electrons. The van der Waals surface area contributed by atoms with Crippen molar-refractivity contribution in [1.82, 2.24) is 20.7 Å². The number of nitrogens with zero attached hydrogens (tertiary/aromatic N) is 2. The number of aliphatic hydroxyl groups excluding tert-OH is 1. The molecular weight excluding hydrogens is 380 g/mol. The molecule has 8 nitrogen and oxygen atoms in total. The fourth-order valence-corrected chi connectivity index (χ4v) is 5.79. The molecule has 28 heavy (non-hydrogen) atoms. The second-order valence-corrected chi connectivity index (χ2v) is 9.29. The van der Waals surface area contributed by atoms with Gasteiger partial charge >= 0.3 is 5.97 Å². The molecule has 0 aliphatic carbocycles. The third kappa shape index (κ3) is 3.99. The number of carbonyl (C=O) groups is 2. The first-order chi connectivity index (χ1) is 13.2. The standard InChI is InChI=1S/C19H30N4O4S/c1-10-15-14(11(2)24)18(25)23(15)16(19(26)27)17(10)28-13-8-12(20-9-13)6-5-7-21-22(3)4/h5-6,10-15,20-21,24H,7-9H2,1-4H3,(H,26,27)/b6-5+/t10-,11-,12-,13+,14-,15-/m1/s1. The van der Waals surface area contributed by atoms with Crippen LogP contribution in [-0.4, -0.2) is 82.6 Å². The van der Waals surface area contributed by atoms with Gasteiger partial charge in [-0.25, -0.2) is 4.79 Å². The number of hydrogen-bond donors (Lipinski definition) is 4. The normalized spacial score (nSPS) is 33.7. The van der Waals surface area contributed by atoms with Gasteiger partial charge in [0.25, 0.3) is 0 Å². The molecule has 3 aliphatic rings. The summed E-state index contributed by atoms with van der Waals surface area (Å²) in [5.74, 6) is -1.93. The zero-order valence-corrected chi connectivity index (χ0v) is 17.6. The lowest BCUT2D eigenvalue weighted by molar-refractivity contribution is -0.163. The highest BCUT2D eigenvalue weighted by Crippen LogP contribution is 2.51. The lowest BCUT2D eigenvalue weighted by Gasteiger charge is -2.46. The van der Waals surface area contributed by atoms with Crippen LogP contribution in [0, 0.1) is 11.8 Å². The number of fused-ring (bicyclic) bond motifs is 1. The SMILES string of the molecule is C[C@@H](O)[C@H]1C(=O)N2C(C(=O)O)=C(S[C@@H]3CN[C@H](/C=C/CNN(C)C)C3)[C@H](C)[C@H]12. The maximum absolute atomic E-state index is 12.4. The number of hydrazine groups is 1. The van der Waals surface area contributed by atoms with Gasteiger partial charge in [-0.05, 0) is 13.3 Å². The summed E-state index contributed by atoms with van der Waals surface area (Å²) in [4.78, 5) is 26.4. The molecule has 0 bridgehead atoms. The van der Waals surface area contributed by atoms with Gasteiger partial charge in [-0.1, -0.05) is 19.1 Å². The summed E-state index contributed by atoms with van der Waals surface area (Å²) in [6.07, 6.45) is 4.36.